The standard InChI is InChI=1S/C9H11N3O2/c1-7(14-9(13)12-6-10)8-4-2-3-5-11-8/h2-7H,1H3,(H2,10,12,13). The minimum absolute atomic E-state index is 0.424. The van der Waals surface area contributed by atoms with Crippen LogP contribution in [0.15, 0.2) is 29.4 Å². The molecule has 14 heavy (non-hydrogen) atoms. The fourth-order valence-electron chi connectivity index (χ4n) is 0.919. The highest BCUT2D eigenvalue weighted by Crippen LogP contribution is 2.13. The maximum absolute atomic E-state index is 10.9. The van der Waals surface area contributed by atoms with Crippen molar-refractivity contribution in [3.63, 3.8) is 0 Å². The molecule has 1 aromatic rings. The lowest BCUT2D eigenvalue weighted by atomic mass is 10.2. The van der Waals surface area contributed by atoms with Gasteiger partial charge in [0.25, 0.3) is 0 Å². The second-order valence-electron chi connectivity index (χ2n) is 2.56. The van der Waals surface area contributed by atoms with Gasteiger partial charge in [-0.2, -0.15) is 4.99 Å². The van der Waals surface area contributed by atoms with Crippen LogP contribution >= 0.6 is 0 Å². The molecule has 0 aliphatic rings. The van der Waals surface area contributed by atoms with Crippen molar-refractivity contribution < 1.29 is 9.53 Å². The molecule has 0 aromatic carbocycles. The van der Waals surface area contributed by atoms with E-state index in [-0.39, 0.29) is 0 Å². The fourth-order valence-corrected chi connectivity index (χ4v) is 0.919. The third kappa shape index (κ3) is 2.85. The molecular weight excluding hydrogens is 182 g/mol. The topological polar surface area (TPSA) is 77.6 Å². The number of nitrogens with zero attached hydrogens (tertiary/aromatic N) is 2. The van der Waals surface area contributed by atoms with Gasteiger partial charge in [0.1, 0.15) is 6.10 Å². The average molecular weight is 193 g/mol. The minimum atomic E-state index is -0.717. The number of aromatic nitrogens is 1. The molecule has 1 amide bonds. The molecular formula is C9H11N3O2. The summed E-state index contributed by atoms with van der Waals surface area (Å²) in [5, 5.41) is 0. The van der Waals surface area contributed by atoms with Crippen molar-refractivity contribution in [3.8, 4) is 0 Å². The van der Waals surface area contributed by atoms with E-state index in [1.54, 1.807) is 25.3 Å². The van der Waals surface area contributed by atoms with Crippen LogP contribution < -0.4 is 5.73 Å². The monoisotopic (exact) mass is 193 g/mol. The Balaban J connectivity index is 2.59. The summed E-state index contributed by atoms with van der Waals surface area (Å²) < 4.78 is 4.90. The molecule has 1 atom stereocenters. The number of hydrogen-bond acceptors (Lipinski definition) is 3. The van der Waals surface area contributed by atoms with E-state index < -0.39 is 12.2 Å². The normalized spacial score (nSPS) is 12.6. The average Bonchev–Trinajstić information content (AvgIpc) is 2.19. The zero-order chi connectivity index (χ0) is 10.4. The van der Waals surface area contributed by atoms with Crippen LogP contribution in [-0.2, 0) is 4.74 Å². The number of aliphatic imine (C=N–C) groups is 1. The Morgan fingerprint density at radius 2 is 2.50 bits per heavy atom. The van der Waals surface area contributed by atoms with Crippen molar-refractivity contribution in [1.29, 1.82) is 0 Å². The van der Waals surface area contributed by atoms with E-state index in [1.165, 1.54) is 0 Å². The summed E-state index contributed by atoms with van der Waals surface area (Å²) in [5.74, 6) is 0. The van der Waals surface area contributed by atoms with Crippen molar-refractivity contribution >= 4 is 12.4 Å². The van der Waals surface area contributed by atoms with E-state index in [9.17, 15) is 4.79 Å². The Hall–Kier alpha value is -1.91. The minimum Gasteiger partial charge on any atom is -0.438 e. The van der Waals surface area contributed by atoms with Crippen LogP contribution in [0.5, 0.6) is 0 Å². The van der Waals surface area contributed by atoms with Crippen molar-refractivity contribution in [3.05, 3.63) is 30.1 Å². The number of carbonyl (C=O) groups is 1. The predicted molar refractivity (Wildman–Crippen MR) is 51.8 cm³/mol. The lowest BCUT2D eigenvalue weighted by molar-refractivity contribution is 0.115. The predicted octanol–water partition coefficient (Wildman–Crippen LogP) is 1.27. The van der Waals surface area contributed by atoms with Gasteiger partial charge >= 0.3 is 6.09 Å². The zero-order valence-corrected chi connectivity index (χ0v) is 7.75. The summed E-state index contributed by atoms with van der Waals surface area (Å²) in [6.07, 6.45) is 1.39. The van der Waals surface area contributed by atoms with Gasteiger partial charge in [-0.1, -0.05) is 6.07 Å². The molecule has 2 N–H and O–H groups in total. The summed E-state index contributed by atoms with van der Waals surface area (Å²) in [6, 6.07) is 5.37. The van der Waals surface area contributed by atoms with Crippen LogP contribution in [0.3, 0.4) is 0 Å². The fraction of sp³-hybridized carbons (Fsp3) is 0.222. The molecule has 0 fully saturated rings. The van der Waals surface area contributed by atoms with E-state index in [1.807, 2.05) is 6.07 Å². The van der Waals surface area contributed by atoms with Gasteiger partial charge < -0.3 is 10.5 Å². The molecule has 1 unspecified atom stereocenters. The molecule has 1 rings (SSSR count). The molecule has 0 saturated heterocycles. The summed E-state index contributed by atoms with van der Waals surface area (Å²) in [7, 11) is 0. The molecule has 0 aliphatic carbocycles. The van der Waals surface area contributed by atoms with Crippen LogP contribution in [-0.4, -0.2) is 17.4 Å². The molecule has 0 bridgehead atoms. The van der Waals surface area contributed by atoms with Crippen molar-refractivity contribution in [2.24, 2.45) is 10.7 Å². The van der Waals surface area contributed by atoms with E-state index in [2.05, 4.69) is 9.98 Å². The number of pyridine rings is 1. The molecule has 5 heteroatoms. The quantitative estimate of drug-likeness (QED) is 0.566. The lowest BCUT2D eigenvalue weighted by Gasteiger charge is -2.09. The van der Waals surface area contributed by atoms with Crippen LogP contribution in [0.25, 0.3) is 0 Å². The van der Waals surface area contributed by atoms with Crippen molar-refractivity contribution in [2.45, 2.75) is 13.0 Å². The van der Waals surface area contributed by atoms with Gasteiger partial charge in [0.2, 0.25) is 0 Å². The second kappa shape index (κ2) is 4.96. The lowest BCUT2D eigenvalue weighted by Crippen LogP contribution is -2.07. The van der Waals surface area contributed by atoms with Gasteiger partial charge in [0.05, 0.1) is 12.0 Å². The third-order valence-electron chi connectivity index (χ3n) is 1.56. The third-order valence-corrected chi connectivity index (χ3v) is 1.56. The first-order valence-electron chi connectivity index (χ1n) is 4.10. The number of amides is 1. The SMILES string of the molecule is CC(OC(=O)N=CN)c1ccccn1. The van der Waals surface area contributed by atoms with Gasteiger partial charge in [0, 0.05) is 6.20 Å². The first-order chi connectivity index (χ1) is 6.74. The van der Waals surface area contributed by atoms with E-state index in [0.717, 1.165) is 6.34 Å². The van der Waals surface area contributed by atoms with Gasteiger partial charge in [-0.3, -0.25) is 4.98 Å². The summed E-state index contributed by atoms with van der Waals surface area (Å²) in [6.45, 7) is 1.71. The van der Waals surface area contributed by atoms with Crippen LogP contribution in [0.2, 0.25) is 0 Å². The molecule has 5 nitrogen and oxygen atoms in total. The Morgan fingerprint density at radius 3 is 3.07 bits per heavy atom. The first kappa shape index (κ1) is 10.2. The molecule has 0 spiro atoms. The van der Waals surface area contributed by atoms with Crippen molar-refractivity contribution in [2.75, 3.05) is 0 Å². The van der Waals surface area contributed by atoms with Crippen LogP contribution in [0, 0.1) is 0 Å². The van der Waals surface area contributed by atoms with Gasteiger partial charge in [-0.15, -0.1) is 0 Å². The number of ether oxygens (including phenoxy) is 1. The second-order valence-corrected chi connectivity index (χ2v) is 2.56. The number of rotatable bonds is 2. The number of nitrogens with two attached hydrogens (primary N) is 1. The summed E-state index contributed by atoms with van der Waals surface area (Å²) in [4.78, 5) is 18.2. The maximum Gasteiger partial charge on any atom is 0.435 e. The smallest absolute Gasteiger partial charge is 0.435 e. The summed E-state index contributed by atoms with van der Waals surface area (Å²) >= 11 is 0. The largest absolute Gasteiger partial charge is 0.438 e. The zero-order valence-electron chi connectivity index (χ0n) is 7.75. The van der Waals surface area contributed by atoms with Crippen LogP contribution in [0.4, 0.5) is 4.79 Å². The molecule has 1 heterocycles. The molecule has 0 aliphatic heterocycles. The summed E-state index contributed by atoms with van der Waals surface area (Å²) in [5.41, 5.74) is 5.61. The molecule has 0 saturated carbocycles. The highest BCUT2D eigenvalue weighted by molar-refractivity contribution is 5.77. The van der Waals surface area contributed by atoms with Crippen LogP contribution in [0.1, 0.15) is 18.7 Å². The molecule has 1 aromatic heterocycles. The Bertz CT molecular complexity index is 324. The van der Waals surface area contributed by atoms with E-state index >= 15 is 0 Å². The van der Waals surface area contributed by atoms with E-state index in [4.69, 9.17) is 10.5 Å². The van der Waals surface area contributed by atoms with E-state index in [0.29, 0.717) is 5.69 Å². The van der Waals surface area contributed by atoms with Gasteiger partial charge in [-0.25, -0.2) is 4.79 Å². The van der Waals surface area contributed by atoms with Gasteiger partial charge in [-0.05, 0) is 19.1 Å². The first-order valence-corrected chi connectivity index (χ1v) is 4.10. The maximum atomic E-state index is 10.9. The molecule has 0 radical (unpaired) electrons. The number of carbonyl (C=O) groups excluding carboxylic acids is 1. The Morgan fingerprint density at radius 1 is 1.71 bits per heavy atom. The highest BCUT2D eigenvalue weighted by Gasteiger charge is 2.10. The number of hydrogen-bond donors (Lipinski definition) is 1. The van der Waals surface area contributed by atoms with Crippen molar-refractivity contribution in [1.82, 2.24) is 4.98 Å². The molecule has 74 valence electrons. The Kier molecular flexibility index (Phi) is 3.60. The highest BCUT2D eigenvalue weighted by atomic mass is 16.6. The van der Waals surface area contributed by atoms with Gasteiger partial charge in [0.15, 0.2) is 0 Å². The Labute approximate surface area is 81.6 Å².